The van der Waals surface area contributed by atoms with Crippen LogP contribution in [-0.2, 0) is 9.09 Å². The van der Waals surface area contributed by atoms with E-state index in [1.54, 1.807) is 11.8 Å². The van der Waals surface area contributed by atoms with Gasteiger partial charge >= 0.3 is 13.3 Å². The fourth-order valence-electron chi connectivity index (χ4n) is 2.91. The number of carboxylic acid groups (broad SMARTS) is 1. The Morgan fingerprint density at radius 3 is 1.75 bits per heavy atom. The number of aliphatic hydroxyl groups excluding tert-OH is 1. The van der Waals surface area contributed by atoms with Crippen LogP contribution in [0.25, 0.3) is 0 Å². The minimum atomic E-state index is -4.65. The highest BCUT2D eigenvalue weighted by molar-refractivity contribution is 7.99. The van der Waals surface area contributed by atoms with Crippen molar-refractivity contribution in [2.75, 3.05) is 18.1 Å². The van der Waals surface area contributed by atoms with Crippen LogP contribution in [0.3, 0.4) is 0 Å². The molecule has 8 heteroatoms. The monoisotopic (exact) mass is 440 g/mol. The van der Waals surface area contributed by atoms with Gasteiger partial charge in [0.2, 0.25) is 0 Å². The van der Waals surface area contributed by atoms with E-state index < -0.39 is 26.0 Å². The molecule has 168 valence electrons. The van der Waals surface area contributed by atoms with Crippen LogP contribution >= 0.6 is 19.4 Å². The number of rotatable bonds is 21. The Morgan fingerprint density at radius 1 is 0.893 bits per heavy atom. The van der Waals surface area contributed by atoms with Gasteiger partial charge in [0.05, 0.1) is 12.7 Å². The van der Waals surface area contributed by atoms with E-state index in [9.17, 15) is 14.5 Å². The van der Waals surface area contributed by atoms with E-state index in [4.69, 9.17) is 10.00 Å². The number of hydrogen-bond donors (Lipinski definition) is 3. The fraction of sp³-hybridized carbons (Fsp3) is 0.950. The highest BCUT2D eigenvalue weighted by Gasteiger charge is 2.30. The van der Waals surface area contributed by atoms with Crippen LogP contribution in [0.5, 0.6) is 0 Å². The molecule has 0 aliphatic carbocycles. The van der Waals surface area contributed by atoms with Crippen LogP contribution in [0, 0.1) is 0 Å². The summed E-state index contributed by atoms with van der Waals surface area (Å²) >= 11 is 1.56. The zero-order chi connectivity index (χ0) is 21.1. The number of carbonyl (C=O) groups is 1. The topological polar surface area (TPSA) is 104 Å². The molecule has 6 nitrogen and oxygen atoms in total. The Bertz CT molecular complexity index is 422. The molecule has 0 saturated heterocycles. The smallest absolute Gasteiger partial charge is 0.435 e. The first kappa shape index (κ1) is 27.9. The average molecular weight is 441 g/mol. The molecule has 0 spiro atoms. The van der Waals surface area contributed by atoms with E-state index in [1.165, 1.54) is 83.5 Å². The number of unbranched alkanes of at least 4 members (excludes halogenated alkanes) is 13. The summed E-state index contributed by atoms with van der Waals surface area (Å²) in [7, 11) is -4.65. The number of aliphatic hydroxyl groups is 1. The van der Waals surface area contributed by atoms with Crippen molar-refractivity contribution in [1.29, 1.82) is 0 Å². The molecular weight excluding hydrogens is 399 g/mol. The highest BCUT2D eigenvalue weighted by Crippen LogP contribution is 2.42. The second-order valence-corrected chi connectivity index (χ2v) is 10.3. The second-order valence-electron chi connectivity index (χ2n) is 7.42. The summed E-state index contributed by atoms with van der Waals surface area (Å²) in [4.78, 5) is 19.4. The molecule has 0 aliphatic rings. The first-order valence-corrected chi connectivity index (χ1v) is 13.6. The van der Waals surface area contributed by atoms with Crippen LogP contribution in [-0.4, -0.2) is 45.0 Å². The van der Waals surface area contributed by atoms with Crippen molar-refractivity contribution >= 4 is 25.1 Å². The Kier molecular flexibility index (Phi) is 18.9. The molecule has 0 aromatic carbocycles. The summed E-state index contributed by atoms with van der Waals surface area (Å²) in [6.07, 6.45) is 17.6. The predicted octanol–water partition coefficient (Wildman–Crippen LogP) is 6.44. The third kappa shape index (κ3) is 18.0. The first-order chi connectivity index (χ1) is 13.4. The van der Waals surface area contributed by atoms with Crippen molar-refractivity contribution in [3.8, 4) is 0 Å². The maximum atomic E-state index is 11.1. The Morgan fingerprint density at radius 2 is 1.32 bits per heavy atom. The summed E-state index contributed by atoms with van der Waals surface area (Å²) in [5.74, 6) is 1.29. The van der Waals surface area contributed by atoms with Crippen molar-refractivity contribution < 1.29 is 29.0 Å². The van der Waals surface area contributed by atoms with Gasteiger partial charge < -0.3 is 15.1 Å². The van der Waals surface area contributed by atoms with Gasteiger partial charge in [-0.25, -0.2) is 9.36 Å². The number of hydrogen-bond acceptors (Lipinski definition) is 5. The van der Waals surface area contributed by atoms with Crippen molar-refractivity contribution in [2.45, 2.75) is 103 Å². The van der Waals surface area contributed by atoms with Crippen molar-refractivity contribution in [3.63, 3.8) is 0 Å². The SMILES string of the molecule is CCCCCCCCCCCCCCCCSC[C@@H](O)COP(=O)(O)C(=O)O. The van der Waals surface area contributed by atoms with Crippen LogP contribution in [0.1, 0.15) is 96.8 Å². The van der Waals surface area contributed by atoms with E-state index in [-0.39, 0.29) is 0 Å². The molecule has 0 aromatic heterocycles. The fourth-order valence-corrected chi connectivity index (χ4v) is 4.34. The van der Waals surface area contributed by atoms with Gasteiger partial charge in [-0.1, -0.05) is 90.4 Å². The quantitative estimate of drug-likeness (QED) is 0.139. The Hall–Kier alpha value is -0.0700. The lowest BCUT2D eigenvalue weighted by molar-refractivity contribution is 0.115. The maximum absolute atomic E-state index is 11.1. The Balaban J connectivity index is 3.27. The average Bonchev–Trinajstić information content (AvgIpc) is 2.66. The van der Waals surface area contributed by atoms with Crippen LogP contribution in [0.15, 0.2) is 0 Å². The molecular formula is C20H41O6PS. The lowest BCUT2D eigenvalue weighted by Gasteiger charge is -2.12. The molecule has 0 saturated carbocycles. The van der Waals surface area contributed by atoms with E-state index in [0.717, 1.165) is 12.2 Å². The molecule has 2 atom stereocenters. The highest BCUT2D eigenvalue weighted by atomic mass is 32.2. The minimum Gasteiger partial charge on any atom is -0.472 e. The van der Waals surface area contributed by atoms with Gasteiger partial charge in [-0.2, -0.15) is 11.8 Å². The van der Waals surface area contributed by atoms with E-state index in [0.29, 0.717) is 5.75 Å². The lowest BCUT2D eigenvalue weighted by Crippen LogP contribution is -2.18. The normalized spacial score (nSPS) is 14.7. The van der Waals surface area contributed by atoms with E-state index in [2.05, 4.69) is 11.4 Å². The van der Waals surface area contributed by atoms with Gasteiger partial charge in [0.15, 0.2) is 0 Å². The minimum absolute atomic E-state index is 0.373. The molecule has 0 aliphatic heterocycles. The molecule has 0 heterocycles. The molecule has 0 radical (unpaired) electrons. The largest absolute Gasteiger partial charge is 0.472 e. The van der Waals surface area contributed by atoms with Gasteiger partial charge in [0.25, 0.3) is 0 Å². The molecule has 0 rings (SSSR count). The van der Waals surface area contributed by atoms with E-state index in [1.807, 2.05) is 0 Å². The summed E-state index contributed by atoms with van der Waals surface area (Å²) in [5.41, 5.74) is -1.89. The van der Waals surface area contributed by atoms with Gasteiger partial charge in [-0.3, -0.25) is 4.52 Å². The van der Waals surface area contributed by atoms with Crippen LogP contribution < -0.4 is 0 Å². The van der Waals surface area contributed by atoms with Crippen molar-refractivity contribution in [2.24, 2.45) is 0 Å². The zero-order valence-electron chi connectivity index (χ0n) is 17.5. The Labute approximate surface area is 175 Å². The molecule has 0 aromatic rings. The van der Waals surface area contributed by atoms with Crippen LogP contribution in [0.4, 0.5) is 4.79 Å². The third-order valence-corrected chi connectivity index (χ3v) is 6.82. The maximum Gasteiger partial charge on any atom is 0.435 e. The van der Waals surface area contributed by atoms with Crippen LogP contribution in [0.2, 0.25) is 0 Å². The van der Waals surface area contributed by atoms with Gasteiger partial charge in [-0.15, -0.1) is 0 Å². The lowest BCUT2D eigenvalue weighted by atomic mass is 10.0. The molecule has 0 bridgehead atoms. The summed E-state index contributed by atoms with van der Waals surface area (Å²) in [6, 6.07) is 0. The van der Waals surface area contributed by atoms with Gasteiger partial charge in [0.1, 0.15) is 0 Å². The van der Waals surface area contributed by atoms with E-state index >= 15 is 0 Å². The first-order valence-electron chi connectivity index (χ1n) is 10.9. The molecule has 0 amide bonds. The molecule has 28 heavy (non-hydrogen) atoms. The van der Waals surface area contributed by atoms with Gasteiger partial charge in [0, 0.05) is 5.75 Å². The zero-order valence-corrected chi connectivity index (χ0v) is 19.2. The molecule has 3 N–H and O–H groups in total. The predicted molar refractivity (Wildman–Crippen MR) is 117 cm³/mol. The standard InChI is InChI=1S/C20H41O6PS/c1-2-3-4-5-6-7-8-9-10-11-12-13-14-15-16-28-18-19(21)17-26-27(24,25)20(22)23/h19,21H,2-18H2,1H3,(H,22,23)(H,24,25)/t19-/m0/s1. The van der Waals surface area contributed by atoms with Crippen molar-refractivity contribution in [3.05, 3.63) is 0 Å². The van der Waals surface area contributed by atoms with Crippen molar-refractivity contribution in [1.82, 2.24) is 0 Å². The molecule has 0 fully saturated rings. The summed E-state index contributed by atoms with van der Waals surface area (Å²) in [6.45, 7) is 1.82. The van der Waals surface area contributed by atoms with Gasteiger partial charge in [-0.05, 0) is 12.2 Å². The second kappa shape index (κ2) is 18.9. The summed E-state index contributed by atoms with van der Waals surface area (Å²) in [5, 5.41) is 18.1. The summed E-state index contributed by atoms with van der Waals surface area (Å²) < 4.78 is 15.4. The third-order valence-electron chi connectivity index (χ3n) is 4.64. The number of thioether (sulfide) groups is 1. The molecule has 1 unspecified atom stereocenters.